The Bertz CT molecular complexity index is 280. The van der Waals surface area contributed by atoms with Crippen LogP contribution in [-0.2, 0) is 6.54 Å². The molecule has 58 valence electrons. The third-order valence-electron chi connectivity index (χ3n) is 1.12. The Morgan fingerprint density at radius 1 is 1.91 bits per heavy atom. The summed E-state index contributed by atoms with van der Waals surface area (Å²) in [6, 6.07) is 0. The van der Waals surface area contributed by atoms with Crippen molar-refractivity contribution in [3.63, 3.8) is 0 Å². The van der Waals surface area contributed by atoms with E-state index in [1.807, 2.05) is 0 Å². The molecule has 11 heavy (non-hydrogen) atoms. The van der Waals surface area contributed by atoms with Gasteiger partial charge in [-0.2, -0.15) is 5.10 Å². The van der Waals surface area contributed by atoms with Gasteiger partial charge in [0.15, 0.2) is 6.29 Å². The van der Waals surface area contributed by atoms with Gasteiger partial charge < -0.3 is 0 Å². The summed E-state index contributed by atoms with van der Waals surface area (Å²) in [4.78, 5) is 10.2. The van der Waals surface area contributed by atoms with Crippen LogP contribution in [0.3, 0.4) is 0 Å². The molecule has 4 heteroatoms. The van der Waals surface area contributed by atoms with Gasteiger partial charge in [0, 0.05) is 10.7 Å². The van der Waals surface area contributed by atoms with Crippen LogP contribution in [0.1, 0.15) is 10.4 Å². The number of nitrogens with zero attached hydrogens (tertiary/aromatic N) is 2. The van der Waals surface area contributed by atoms with Crippen molar-refractivity contribution < 1.29 is 4.79 Å². The lowest BCUT2D eigenvalue weighted by molar-refractivity contribution is 0.112. The second kappa shape index (κ2) is 3.48. The number of allylic oxidation sites excluding steroid dienone is 1. The molecule has 0 bridgehead atoms. The Morgan fingerprint density at radius 2 is 2.64 bits per heavy atom. The van der Waals surface area contributed by atoms with Crippen LogP contribution in [0.15, 0.2) is 23.5 Å². The molecule has 0 amide bonds. The van der Waals surface area contributed by atoms with E-state index in [0.29, 0.717) is 12.1 Å². The Labute approximate surface area is 72.8 Å². The minimum atomic E-state index is 0.582. The predicted octanol–water partition coefficient (Wildman–Crippen LogP) is 1.60. The first-order valence-electron chi connectivity index (χ1n) is 3.03. The molecule has 0 unspecified atom stereocenters. The van der Waals surface area contributed by atoms with Gasteiger partial charge in [0.2, 0.25) is 0 Å². The highest BCUT2D eigenvalue weighted by molar-refractivity contribution is 9.11. The number of aromatic nitrogens is 2. The quantitative estimate of drug-likeness (QED) is 0.717. The zero-order chi connectivity index (χ0) is 8.27. The number of aldehydes is 1. The monoisotopic (exact) mass is 214 g/mol. The molecule has 0 aliphatic rings. The molecule has 0 radical (unpaired) electrons. The van der Waals surface area contributed by atoms with Crippen molar-refractivity contribution in [3.05, 3.63) is 29.0 Å². The van der Waals surface area contributed by atoms with Gasteiger partial charge in [-0.05, 0) is 0 Å². The van der Waals surface area contributed by atoms with Crippen LogP contribution in [0.25, 0.3) is 0 Å². The average molecular weight is 215 g/mol. The van der Waals surface area contributed by atoms with E-state index in [1.165, 1.54) is 6.20 Å². The highest BCUT2D eigenvalue weighted by Gasteiger charge is 1.96. The highest BCUT2D eigenvalue weighted by atomic mass is 79.9. The molecule has 0 aromatic carbocycles. The van der Waals surface area contributed by atoms with E-state index in [2.05, 4.69) is 27.6 Å². The third kappa shape index (κ3) is 2.31. The van der Waals surface area contributed by atoms with Crippen molar-refractivity contribution in [2.75, 3.05) is 0 Å². The van der Waals surface area contributed by atoms with Gasteiger partial charge in [-0.25, -0.2) is 0 Å². The van der Waals surface area contributed by atoms with E-state index in [0.717, 1.165) is 10.8 Å². The Hall–Kier alpha value is -0.900. The molecular weight excluding hydrogens is 208 g/mol. The van der Waals surface area contributed by atoms with Crippen LogP contribution in [0.5, 0.6) is 0 Å². The zero-order valence-corrected chi connectivity index (χ0v) is 7.41. The summed E-state index contributed by atoms with van der Waals surface area (Å²) in [5.41, 5.74) is 0.582. The van der Waals surface area contributed by atoms with Crippen molar-refractivity contribution in [1.29, 1.82) is 0 Å². The summed E-state index contributed by atoms with van der Waals surface area (Å²) in [7, 11) is 0. The number of hydrogen-bond acceptors (Lipinski definition) is 2. The smallest absolute Gasteiger partial charge is 0.153 e. The lowest BCUT2D eigenvalue weighted by Crippen LogP contribution is -1.96. The van der Waals surface area contributed by atoms with Crippen LogP contribution in [0, 0.1) is 0 Å². The number of rotatable bonds is 3. The van der Waals surface area contributed by atoms with Crippen molar-refractivity contribution in [2.45, 2.75) is 6.54 Å². The van der Waals surface area contributed by atoms with Gasteiger partial charge in [-0.3, -0.25) is 9.48 Å². The molecule has 1 heterocycles. The molecule has 3 nitrogen and oxygen atoms in total. The van der Waals surface area contributed by atoms with E-state index in [1.54, 1.807) is 10.9 Å². The van der Waals surface area contributed by atoms with Crippen molar-refractivity contribution in [2.24, 2.45) is 0 Å². The van der Waals surface area contributed by atoms with E-state index in [4.69, 9.17) is 0 Å². The van der Waals surface area contributed by atoms with Crippen LogP contribution < -0.4 is 0 Å². The standard InChI is InChI=1S/C7H7BrN2O/c1-6(8)3-10-4-7(5-11)2-9-10/h2,4-5H,1,3H2. The topological polar surface area (TPSA) is 34.9 Å². The Morgan fingerprint density at radius 3 is 3.09 bits per heavy atom. The molecule has 1 aromatic heterocycles. The molecular formula is C7H7BrN2O. The number of carbonyl (C=O) groups excluding carboxylic acids is 1. The molecule has 1 aromatic rings. The number of halogens is 1. The second-order valence-corrected chi connectivity index (χ2v) is 3.23. The number of hydrogen-bond donors (Lipinski definition) is 0. The van der Waals surface area contributed by atoms with E-state index in [-0.39, 0.29) is 0 Å². The zero-order valence-electron chi connectivity index (χ0n) is 5.83. The van der Waals surface area contributed by atoms with Crippen LogP contribution in [0.4, 0.5) is 0 Å². The second-order valence-electron chi connectivity index (χ2n) is 2.11. The number of carbonyl (C=O) groups is 1. The summed E-state index contributed by atoms with van der Waals surface area (Å²) in [6.07, 6.45) is 3.95. The lowest BCUT2D eigenvalue weighted by atomic mass is 10.4. The van der Waals surface area contributed by atoms with E-state index < -0.39 is 0 Å². The highest BCUT2D eigenvalue weighted by Crippen LogP contribution is 2.04. The first kappa shape index (κ1) is 8.20. The Balaban J connectivity index is 2.72. The fourth-order valence-corrected chi connectivity index (χ4v) is 0.960. The van der Waals surface area contributed by atoms with Gasteiger partial charge in [0.05, 0.1) is 18.3 Å². The van der Waals surface area contributed by atoms with Gasteiger partial charge >= 0.3 is 0 Å². The molecule has 0 N–H and O–H groups in total. The van der Waals surface area contributed by atoms with Gasteiger partial charge in [-0.15, -0.1) is 0 Å². The molecule has 1 rings (SSSR count). The van der Waals surface area contributed by atoms with E-state index >= 15 is 0 Å². The maximum atomic E-state index is 10.2. The average Bonchev–Trinajstić information content (AvgIpc) is 2.34. The maximum absolute atomic E-state index is 10.2. The lowest BCUT2D eigenvalue weighted by Gasteiger charge is -1.95. The van der Waals surface area contributed by atoms with E-state index in [9.17, 15) is 4.79 Å². The van der Waals surface area contributed by atoms with Crippen molar-refractivity contribution in [3.8, 4) is 0 Å². The first-order chi connectivity index (χ1) is 5.22. The van der Waals surface area contributed by atoms with Crippen LogP contribution in [0.2, 0.25) is 0 Å². The van der Waals surface area contributed by atoms with Crippen LogP contribution in [-0.4, -0.2) is 16.1 Å². The molecule has 0 saturated carbocycles. The van der Waals surface area contributed by atoms with Gasteiger partial charge in [0.25, 0.3) is 0 Å². The molecule has 0 saturated heterocycles. The summed E-state index contributed by atoms with van der Waals surface area (Å²) in [5, 5.41) is 3.92. The predicted molar refractivity (Wildman–Crippen MR) is 45.7 cm³/mol. The fraction of sp³-hybridized carbons (Fsp3) is 0.143. The van der Waals surface area contributed by atoms with Gasteiger partial charge in [-0.1, -0.05) is 22.5 Å². The molecule has 0 aliphatic heterocycles. The Kier molecular flexibility index (Phi) is 2.59. The normalized spacial score (nSPS) is 9.55. The third-order valence-corrected chi connectivity index (χ3v) is 1.37. The van der Waals surface area contributed by atoms with Gasteiger partial charge in [0.1, 0.15) is 0 Å². The molecule has 0 atom stereocenters. The molecule has 0 fully saturated rings. The van der Waals surface area contributed by atoms with Crippen molar-refractivity contribution >= 4 is 22.2 Å². The van der Waals surface area contributed by atoms with Crippen molar-refractivity contribution in [1.82, 2.24) is 9.78 Å². The summed E-state index contributed by atoms with van der Waals surface area (Å²) in [5.74, 6) is 0. The maximum Gasteiger partial charge on any atom is 0.153 e. The first-order valence-corrected chi connectivity index (χ1v) is 3.82. The van der Waals surface area contributed by atoms with Crippen LogP contribution >= 0.6 is 15.9 Å². The minimum Gasteiger partial charge on any atom is -0.298 e. The molecule has 0 aliphatic carbocycles. The SMILES string of the molecule is C=C(Br)Cn1cc(C=O)cn1. The summed E-state index contributed by atoms with van der Waals surface area (Å²) < 4.78 is 2.47. The molecule has 0 spiro atoms. The fourth-order valence-electron chi connectivity index (χ4n) is 0.703. The summed E-state index contributed by atoms with van der Waals surface area (Å²) in [6.45, 7) is 4.24. The minimum absolute atomic E-state index is 0.582. The largest absolute Gasteiger partial charge is 0.298 e. The summed E-state index contributed by atoms with van der Waals surface area (Å²) >= 11 is 3.20.